The molecule has 0 radical (unpaired) electrons. The molecule has 0 atom stereocenters. The molecule has 3 nitrogen and oxygen atoms in total. The molecule has 0 aromatic carbocycles. The summed E-state index contributed by atoms with van der Waals surface area (Å²) in [7, 11) is 0. The first kappa shape index (κ1) is 10.7. The molecule has 2 rings (SSSR count). The van der Waals surface area contributed by atoms with Gasteiger partial charge in [0.25, 0.3) is 0 Å². The van der Waals surface area contributed by atoms with Crippen molar-refractivity contribution in [1.82, 2.24) is 15.5 Å². The van der Waals surface area contributed by atoms with Crippen molar-refractivity contribution in [2.45, 2.75) is 39.0 Å². The molecule has 0 bridgehead atoms. The molecule has 84 valence electrons. The minimum Gasteiger partial charge on any atom is -0.317 e. The third kappa shape index (κ3) is 2.59. The number of aromatic amines is 1. The number of rotatable bonds is 3. The van der Waals surface area contributed by atoms with Crippen LogP contribution in [0.25, 0.3) is 0 Å². The largest absolute Gasteiger partial charge is 0.317 e. The van der Waals surface area contributed by atoms with E-state index in [-0.39, 0.29) is 0 Å². The number of piperidine rings is 1. The van der Waals surface area contributed by atoms with Crippen LogP contribution in [0.3, 0.4) is 0 Å². The second-order valence-corrected chi connectivity index (χ2v) is 4.93. The van der Waals surface area contributed by atoms with Gasteiger partial charge in [0.15, 0.2) is 0 Å². The van der Waals surface area contributed by atoms with Gasteiger partial charge in [-0.25, -0.2) is 0 Å². The van der Waals surface area contributed by atoms with E-state index < -0.39 is 0 Å². The van der Waals surface area contributed by atoms with Crippen molar-refractivity contribution in [3.8, 4) is 0 Å². The maximum absolute atomic E-state index is 4.20. The fraction of sp³-hybridized carbons (Fsp3) is 0.750. The van der Waals surface area contributed by atoms with Gasteiger partial charge in [-0.05, 0) is 43.8 Å². The third-order valence-corrected chi connectivity index (χ3v) is 3.13. The van der Waals surface area contributed by atoms with E-state index in [0.717, 1.165) is 19.5 Å². The van der Waals surface area contributed by atoms with Crippen LogP contribution in [0.5, 0.6) is 0 Å². The summed E-state index contributed by atoms with van der Waals surface area (Å²) < 4.78 is 0. The lowest BCUT2D eigenvalue weighted by atomic mass is 9.90. The summed E-state index contributed by atoms with van der Waals surface area (Å²) in [6.45, 7) is 6.81. The summed E-state index contributed by atoms with van der Waals surface area (Å²) in [5.41, 5.74) is 2.82. The number of hydrogen-bond donors (Lipinski definition) is 2. The summed E-state index contributed by atoms with van der Waals surface area (Å²) in [4.78, 5) is 0. The maximum atomic E-state index is 4.20. The van der Waals surface area contributed by atoms with Crippen LogP contribution in [0, 0.1) is 5.92 Å². The molecular weight excluding hydrogens is 186 g/mol. The first-order valence-electron chi connectivity index (χ1n) is 6.00. The monoisotopic (exact) mass is 207 g/mol. The minimum atomic E-state index is 0.697. The highest BCUT2D eigenvalue weighted by Crippen LogP contribution is 2.27. The Balaban J connectivity index is 2.09. The van der Waals surface area contributed by atoms with Crippen LogP contribution < -0.4 is 5.32 Å². The van der Waals surface area contributed by atoms with Crippen molar-refractivity contribution in [1.29, 1.82) is 0 Å². The summed E-state index contributed by atoms with van der Waals surface area (Å²) in [5.74, 6) is 1.41. The molecule has 1 aromatic heterocycles. The normalized spacial score (nSPS) is 18.6. The number of nitrogens with one attached hydrogen (secondary N) is 2. The zero-order chi connectivity index (χ0) is 10.7. The van der Waals surface area contributed by atoms with Crippen LogP contribution in [0.15, 0.2) is 6.20 Å². The topological polar surface area (TPSA) is 40.7 Å². The van der Waals surface area contributed by atoms with Crippen molar-refractivity contribution in [3.63, 3.8) is 0 Å². The molecule has 0 amide bonds. The SMILES string of the molecule is CC(C)Cc1cn[nH]c1C1CCNCC1. The smallest absolute Gasteiger partial charge is 0.0522 e. The van der Waals surface area contributed by atoms with Crippen molar-refractivity contribution >= 4 is 0 Å². The molecule has 0 spiro atoms. The predicted octanol–water partition coefficient (Wildman–Crippen LogP) is 2.08. The highest BCUT2D eigenvalue weighted by molar-refractivity contribution is 5.21. The maximum Gasteiger partial charge on any atom is 0.0522 e. The number of hydrogen-bond acceptors (Lipinski definition) is 2. The molecule has 1 saturated heterocycles. The minimum absolute atomic E-state index is 0.697. The van der Waals surface area contributed by atoms with Gasteiger partial charge in [0, 0.05) is 11.6 Å². The molecule has 1 fully saturated rings. The third-order valence-electron chi connectivity index (χ3n) is 3.13. The van der Waals surface area contributed by atoms with E-state index in [0.29, 0.717) is 11.8 Å². The van der Waals surface area contributed by atoms with Crippen LogP contribution in [0.4, 0.5) is 0 Å². The average Bonchev–Trinajstić information content (AvgIpc) is 2.66. The fourth-order valence-electron chi connectivity index (χ4n) is 2.39. The number of nitrogens with zero attached hydrogens (tertiary/aromatic N) is 1. The molecule has 1 aromatic rings. The molecule has 0 unspecified atom stereocenters. The van der Waals surface area contributed by atoms with Crippen molar-refractivity contribution in [3.05, 3.63) is 17.5 Å². The zero-order valence-corrected chi connectivity index (χ0v) is 9.71. The lowest BCUT2D eigenvalue weighted by Gasteiger charge is -2.22. The predicted molar refractivity (Wildman–Crippen MR) is 62.0 cm³/mol. The molecule has 0 saturated carbocycles. The van der Waals surface area contributed by atoms with Gasteiger partial charge in [-0.1, -0.05) is 13.8 Å². The van der Waals surface area contributed by atoms with Gasteiger partial charge in [-0.2, -0.15) is 5.10 Å². The first-order chi connectivity index (χ1) is 7.27. The Morgan fingerprint density at radius 1 is 1.40 bits per heavy atom. The van der Waals surface area contributed by atoms with E-state index in [1.165, 1.54) is 24.1 Å². The van der Waals surface area contributed by atoms with Crippen molar-refractivity contribution in [2.24, 2.45) is 5.92 Å². The second kappa shape index (κ2) is 4.79. The van der Waals surface area contributed by atoms with Gasteiger partial charge < -0.3 is 5.32 Å². The van der Waals surface area contributed by atoms with E-state index in [1.54, 1.807) is 0 Å². The standard InChI is InChI=1S/C12H21N3/c1-9(2)7-11-8-14-15-12(11)10-3-5-13-6-4-10/h8-10,13H,3-7H2,1-2H3,(H,14,15). The molecule has 3 heteroatoms. The lowest BCUT2D eigenvalue weighted by molar-refractivity contribution is 0.449. The van der Waals surface area contributed by atoms with Crippen LogP contribution >= 0.6 is 0 Å². The highest BCUT2D eigenvalue weighted by Gasteiger charge is 2.19. The lowest BCUT2D eigenvalue weighted by Crippen LogP contribution is -2.27. The Labute approximate surface area is 91.7 Å². The van der Waals surface area contributed by atoms with Gasteiger partial charge in [0.2, 0.25) is 0 Å². The summed E-state index contributed by atoms with van der Waals surface area (Å²) >= 11 is 0. The highest BCUT2D eigenvalue weighted by atomic mass is 15.1. The Morgan fingerprint density at radius 3 is 2.80 bits per heavy atom. The van der Waals surface area contributed by atoms with Crippen LogP contribution in [-0.2, 0) is 6.42 Å². The Hall–Kier alpha value is -0.830. The molecule has 0 aliphatic carbocycles. The van der Waals surface area contributed by atoms with E-state index in [2.05, 4.69) is 29.4 Å². The van der Waals surface area contributed by atoms with Crippen molar-refractivity contribution in [2.75, 3.05) is 13.1 Å². The Bertz CT molecular complexity index is 298. The fourth-order valence-corrected chi connectivity index (χ4v) is 2.39. The Kier molecular flexibility index (Phi) is 3.41. The van der Waals surface area contributed by atoms with E-state index >= 15 is 0 Å². The van der Waals surface area contributed by atoms with Gasteiger partial charge in [-0.15, -0.1) is 0 Å². The van der Waals surface area contributed by atoms with Crippen LogP contribution in [-0.4, -0.2) is 23.3 Å². The summed E-state index contributed by atoms with van der Waals surface area (Å²) in [5, 5.41) is 10.8. The summed E-state index contributed by atoms with van der Waals surface area (Å²) in [6.07, 6.45) is 5.65. The first-order valence-corrected chi connectivity index (χ1v) is 6.00. The number of H-pyrrole nitrogens is 1. The van der Waals surface area contributed by atoms with Gasteiger partial charge in [0.05, 0.1) is 6.20 Å². The van der Waals surface area contributed by atoms with E-state index in [4.69, 9.17) is 0 Å². The van der Waals surface area contributed by atoms with Crippen LogP contribution in [0.1, 0.15) is 43.9 Å². The molecule has 1 aliphatic rings. The van der Waals surface area contributed by atoms with Gasteiger partial charge in [-0.3, -0.25) is 5.10 Å². The van der Waals surface area contributed by atoms with E-state index in [1.807, 2.05) is 6.20 Å². The molecular formula is C12H21N3. The van der Waals surface area contributed by atoms with Crippen molar-refractivity contribution < 1.29 is 0 Å². The molecule has 1 aliphatic heterocycles. The van der Waals surface area contributed by atoms with Crippen LogP contribution in [0.2, 0.25) is 0 Å². The quantitative estimate of drug-likeness (QED) is 0.796. The zero-order valence-electron chi connectivity index (χ0n) is 9.71. The molecule has 2 N–H and O–H groups in total. The van der Waals surface area contributed by atoms with E-state index in [9.17, 15) is 0 Å². The number of aromatic nitrogens is 2. The van der Waals surface area contributed by atoms with Gasteiger partial charge >= 0.3 is 0 Å². The molecule has 15 heavy (non-hydrogen) atoms. The molecule has 2 heterocycles. The average molecular weight is 207 g/mol. The Morgan fingerprint density at radius 2 is 2.13 bits per heavy atom. The second-order valence-electron chi connectivity index (χ2n) is 4.93. The van der Waals surface area contributed by atoms with Gasteiger partial charge in [0.1, 0.15) is 0 Å². The summed E-state index contributed by atoms with van der Waals surface area (Å²) in [6, 6.07) is 0.